The molecule has 5 nitrogen and oxygen atoms in total. The fraction of sp³-hybridized carbons (Fsp3) is 1.00. The summed E-state index contributed by atoms with van der Waals surface area (Å²) in [5.74, 6) is 0. The van der Waals surface area contributed by atoms with Gasteiger partial charge in [-0.05, 0) is 0 Å². The Kier molecular flexibility index (Phi) is 4.91. The van der Waals surface area contributed by atoms with Gasteiger partial charge in [-0.1, -0.05) is 0 Å². The van der Waals surface area contributed by atoms with E-state index in [0.29, 0.717) is 0 Å². The number of rotatable bonds is 5. The topological polar surface area (TPSA) is 16.2 Å². The Bertz CT molecular complexity index is 173. The van der Waals surface area contributed by atoms with Crippen LogP contribution in [0.2, 0.25) is 0 Å². The van der Waals surface area contributed by atoms with E-state index in [2.05, 4.69) is 93.8 Å². The van der Waals surface area contributed by atoms with E-state index in [1.54, 1.807) is 0 Å². The first-order chi connectivity index (χ1) is 7.06. The quantitative estimate of drug-likeness (QED) is 0.674. The van der Waals surface area contributed by atoms with Crippen LogP contribution in [0.5, 0.6) is 0 Å². The van der Waals surface area contributed by atoms with Gasteiger partial charge in [0, 0.05) is 0 Å². The molecular weight excluding hydrogens is 221 g/mol. The SMILES string of the molecule is CN(C)P(N(C)C)(N(C)C)(N(C)C)N(C)C. The van der Waals surface area contributed by atoms with Crippen molar-refractivity contribution in [2.24, 2.45) is 0 Å². The van der Waals surface area contributed by atoms with Gasteiger partial charge in [0.15, 0.2) is 0 Å². The van der Waals surface area contributed by atoms with Gasteiger partial charge in [-0.2, -0.15) is 0 Å². The summed E-state index contributed by atoms with van der Waals surface area (Å²) in [5, 5.41) is 0. The zero-order chi connectivity index (χ0) is 13.3. The number of hydrogen-bond acceptors (Lipinski definition) is 5. The molecule has 0 saturated heterocycles. The van der Waals surface area contributed by atoms with Gasteiger partial charge in [0.25, 0.3) is 0 Å². The molecule has 0 aliphatic heterocycles. The summed E-state index contributed by atoms with van der Waals surface area (Å²) in [7, 11) is 18.9. The van der Waals surface area contributed by atoms with Crippen molar-refractivity contribution in [1.29, 1.82) is 0 Å². The predicted octanol–water partition coefficient (Wildman–Crippen LogP) is 0.923. The summed E-state index contributed by atoms with van der Waals surface area (Å²) in [6, 6.07) is 0. The molecule has 0 atom stereocenters. The number of hydrogen-bond donors (Lipinski definition) is 0. The Morgan fingerprint density at radius 2 is 0.500 bits per heavy atom. The first-order valence-corrected chi connectivity index (χ1v) is 7.47. The Labute approximate surface area is 102 Å². The van der Waals surface area contributed by atoms with Crippen LogP contribution in [0.15, 0.2) is 0 Å². The molecule has 0 unspecified atom stereocenters. The van der Waals surface area contributed by atoms with Crippen LogP contribution in [0.1, 0.15) is 0 Å². The van der Waals surface area contributed by atoms with Crippen LogP contribution >= 0.6 is 7.36 Å². The van der Waals surface area contributed by atoms with Gasteiger partial charge in [-0.15, -0.1) is 0 Å². The fourth-order valence-corrected chi connectivity index (χ4v) is 10.7. The van der Waals surface area contributed by atoms with Crippen molar-refractivity contribution in [2.45, 2.75) is 0 Å². The molecule has 0 fully saturated rings. The first kappa shape index (κ1) is 16.2. The van der Waals surface area contributed by atoms with E-state index < -0.39 is 7.36 Å². The van der Waals surface area contributed by atoms with E-state index >= 15 is 0 Å². The molecule has 0 aliphatic carbocycles. The van der Waals surface area contributed by atoms with Crippen LogP contribution in [-0.2, 0) is 0 Å². The average Bonchev–Trinajstić information content (AvgIpc) is 2.00. The molecular formula is C10H30N5P. The van der Waals surface area contributed by atoms with E-state index in [1.165, 1.54) is 0 Å². The molecule has 0 aromatic rings. The summed E-state index contributed by atoms with van der Waals surface area (Å²) >= 11 is 0. The van der Waals surface area contributed by atoms with Crippen molar-refractivity contribution >= 4 is 7.36 Å². The minimum absolute atomic E-state index is 2.15. The first-order valence-electron chi connectivity index (χ1n) is 5.47. The van der Waals surface area contributed by atoms with Gasteiger partial charge in [-0.3, -0.25) is 0 Å². The minimum atomic E-state index is -2.56. The Morgan fingerprint density at radius 1 is 0.375 bits per heavy atom. The van der Waals surface area contributed by atoms with Gasteiger partial charge in [0.2, 0.25) is 0 Å². The van der Waals surface area contributed by atoms with E-state index in [4.69, 9.17) is 0 Å². The Hall–Kier alpha value is 0.230. The summed E-state index contributed by atoms with van der Waals surface area (Å²) in [6.45, 7) is 0. The molecule has 0 bridgehead atoms. The van der Waals surface area contributed by atoms with Crippen molar-refractivity contribution < 1.29 is 0 Å². The molecule has 0 heterocycles. The predicted molar refractivity (Wildman–Crippen MR) is 75.4 cm³/mol. The third-order valence-electron chi connectivity index (χ3n) is 3.58. The molecule has 0 radical (unpaired) electrons. The van der Waals surface area contributed by atoms with Crippen LogP contribution in [0, 0.1) is 0 Å². The maximum absolute atomic E-state index is 2.56. The second-order valence-corrected chi connectivity index (χ2v) is 10.9. The zero-order valence-corrected chi connectivity index (χ0v) is 13.6. The summed E-state index contributed by atoms with van der Waals surface area (Å²) in [4.78, 5) is 0. The van der Waals surface area contributed by atoms with Gasteiger partial charge in [-0.25, -0.2) is 0 Å². The zero-order valence-electron chi connectivity index (χ0n) is 12.7. The third kappa shape index (κ3) is 1.54. The number of nitrogens with zero attached hydrogens (tertiary/aromatic N) is 5. The van der Waals surface area contributed by atoms with Crippen LogP contribution in [0.4, 0.5) is 0 Å². The molecule has 0 aromatic heterocycles. The van der Waals surface area contributed by atoms with Crippen LogP contribution < -0.4 is 0 Å². The second kappa shape index (κ2) is 4.84. The third-order valence-corrected chi connectivity index (χ3v) is 10.7. The van der Waals surface area contributed by atoms with E-state index in [-0.39, 0.29) is 0 Å². The Balaban J connectivity index is 6.16. The van der Waals surface area contributed by atoms with Gasteiger partial charge < -0.3 is 0 Å². The summed E-state index contributed by atoms with van der Waals surface area (Å²) in [6.07, 6.45) is 0. The monoisotopic (exact) mass is 251 g/mol. The van der Waals surface area contributed by atoms with Crippen molar-refractivity contribution in [3.05, 3.63) is 0 Å². The van der Waals surface area contributed by atoms with Crippen LogP contribution in [-0.4, -0.2) is 93.8 Å². The molecule has 0 aliphatic rings. The van der Waals surface area contributed by atoms with Crippen molar-refractivity contribution in [1.82, 2.24) is 23.4 Å². The van der Waals surface area contributed by atoms with Gasteiger partial charge in [0.05, 0.1) is 0 Å². The van der Waals surface area contributed by atoms with Crippen LogP contribution in [0.3, 0.4) is 0 Å². The van der Waals surface area contributed by atoms with Crippen LogP contribution in [0.25, 0.3) is 0 Å². The van der Waals surface area contributed by atoms with Gasteiger partial charge >= 0.3 is 101 Å². The fourth-order valence-electron chi connectivity index (χ4n) is 3.58. The molecule has 6 heteroatoms. The molecule has 0 amide bonds. The summed E-state index contributed by atoms with van der Waals surface area (Å²) < 4.78 is 11.7. The van der Waals surface area contributed by atoms with Crippen molar-refractivity contribution in [3.63, 3.8) is 0 Å². The Morgan fingerprint density at radius 3 is 0.500 bits per heavy atom. The van der Waals surface area contributed by atoms with E-state index in [0.717, 1.165) is 0 Å². The molecule has 0 spiro atoms. The molecule has 0 N–H and O–H groups in total. The van der Waals surface area contributed by atoms with Crippen molar-refractivity contribution in [3.8, 4) is 0 Å². The molecule has 0 aromatic carbocycles. The average molecular weight is 251 g/mol. The molecule has 0 rings (SSSR count). The maximum atomic E-state index is 2.34. The normalized spacial score (nSPS) is 16.6. The van der Waals surface area contributed by atoms with Gasteiger partial charge in [0.1, 0.15) is 0 Å². The van der Waals surface area contributed by atoms with E-state index in [1.807, 2.05) is 0 Å². The van der Waals surface area contributed by atoms with E-state index in [9.17, 15) is 0 Å². The summed E-state index contributed by atoms with van der Waals surface area (Å²) in [5.41, 5.74) is 0. The molecule has 0 saturated carbocycles. The van der Waals surface area contributed by atoms with Crippen molar-refractivity contribution in [2.75, 3.05) is 70.5 Å². The molecule has 100 valence electrons. The standard InChI is InChI=1S/C10H30N5P/c1-11(2)16(12(3)4,13(5)6,14(7)8)15(9)10/h1-10H3. The molecule has 16 heavy (non-hydrogen) atoms. The second-order valence-electron chi connectivity index (χ2n) is 5.13.